The maximum absolute atomic E-state index is 14.6. The minimum atomic E-state index is -4.90. The van der Waals surface area contributed by atoms with E-state index in [1.807, 2.05) is 11.6 Å². The van der Waals surface area contributed by atoms with E-state index in [1.54, 1.807) is 63.4 Å². The number of amides is 1. The van der Waals surface area contributed by atoms with Crippen molar-refractivity contribution in [3.8, 4) is 10.6 Å². The number of fused-ring (bicyclic) bond motifs is 1. The number of carbonyl (C=O) groups excluding carboxylic acids is 1. The fraction of sp³-hybridized carbons (Fsp3) is 0.400. The molecule has 1 amide bonds. The summed E-state index contributed by atoms with van der Waals surface area (Å²) in [5.41, 5.74) is 0.312. The zero-order valence-electron chi connectivity index (χ0n) is 25.9. The molecule has 1 saturated heterocycles. The second kappa shape index (κ2) is 13.1. The number of hydrogen-bond acceptors (Lipinski definition) is 10. The number of benzene rings is 2. The number of piperidine rings is 1. The summed E-state index contributed by atoms with van der Waals surface area (Å²) in [5, 5.41) is 8.01. The van der Waals surface area contributed by atoms with Gasteiger partial charge in [-0.3, -0.25) is 4.72 Å². The second-order valence-corrected chi connectivity index (χ2v) is 15.0. The highest BCUT2D eigenvalue weighted by Crippen LogP contribution is 2.38. The maximum atomic E-state index is 14.6. The number of hydrogen-bond donors (Lipinski definition) is 3. The first-order valence-corrected chi connectivity index (χ1v) is 17.0. The molecule has 1 fully saturated rings. The standard InChI is InChI=1S/C30H33F4N7O4S2/c1-17-36-26(38-22-9-10-23(21-8-6-5-7-20(21)22)40-47(43,44)16-30(32,33)34)25(46-17)24-11-12-35-27(39-24)37-19-13-18(31)14-41(15-19)28(42)45-29(2,3)4/h5-12,18-19,38,40H,13-16H2,1-4H3,(H,35,37,39)/t18-,19-/m0/s1. The van der Waals surface area contributed by atoms with E-state index in [4.69, 9.17) is 4.74 Å². The molecule has 0 saturated carbocycles. The number of alkyl halides is 4. The van der Waals surface area contributed by atoms with Crippen LogP contribution in [0.2, 0.25) is 0 Å². The molecular formula is C30H33F4N7O4S2. The van der Waals surface area contributed by atoms with Crippen molar-refractivity contribution >= 4 is 61.4 Å². The zero-order valence-corrected chi connectivity index (χ0v) is 27.5. The molecule has 17 heteroatoms. The highest BCUT2D eigenvalue weighted by atomic mass is 32.2. The average molecular weight is 696 g/mol. The molecule has 0 unspecified atom stereocenters. The molecule has 1 aliphatic heterocycles. The molecule has 2 aromatic heterocycles. The summed E-state index contributed by atoms with van der Waals surface area (Å²) in [4.78, 5) is 28.1. The van der Waals surface area contributed by atoms with Gasteiger partial charge in [-0.05, 0) is 45.9 Å². The summed E-state index contributed by atoms with van der Waals surface area (Å²) >= 11 is 1.35. The number of halogens is 4. The number of ether oxygens (including phenoxy) is 1. The molecule has 0 radical (unpaired) electrons. The van der Waals surface area contributed by atoms with Crippen molar-refractivity contribution in [2.45, 2.75) is 58.1 Å². The van der Waals surface area contributed by atoms with Crippen molar-refractivity contribution in [2.24, 2.45) is 0 Å². The Bertz CT molecular complexity index is 1880. The van der Waals surface area contributed by atoms with E-state index in [2.05, 4.69) is 25.6 Å². The Morgan fingerprint density at radius 1 is 1.04 bits per heavy atom. The molecule has 252 valence electrons. The van der Waals surface area contributed by atoms with Gasteiger partial charge in [0.2, 0.25) is 16.0 Å². The lowest BCUT2D eigenvalue weighted by Gasteiger charge is -2.36. The van der Waals surface area contributed by atoms with Crippen molar-refractivity contribution in [3.63, 3.8) is 0 Å². The lowest BCUT2D eigenvalue weighted by atomic mass is 10.0. The summed E-state index contributed by atoms with van der Waals surface area (Å²) < 4.78 is 85.0. The Kier molecular flexibility index (Phi) is 9.50. The van der Waals surface area contributed by atoms with Gasteiger partial charge < -0.3 is 20.3 Å². The molecule has 47 heavy (non-hydrogen) atoms. The molecule has 5 rings (SSSR count). The number of rotatable bonds is 8. The van der Waals surface area contributed by atoms with Crippen LogP contribution < -0.4 is 15.4 Å². The summed E-state index contributed by atoms with van der Waals surface area (Å²) in [6, 6.07) is 10.8. The topological polar surface area (TPSA) is 138 Å². The number of likely N-dealkylation sites (tertiary alicyclic amines) is 1. The molecule has 11 nitrogen and oxygen atoms in total. The van der Waals surface area contributed by atoms with Crippen LogP contribution in [0.15, 0.2) is 48.7 Å². The highest BCUT2D eigenvalue weighted by molar-refractivity contribution is 7.92. The Morgan fingerprint density at radius 2 is 1.72 bits per heavy atom. The van der Waals surface area contributed by atoms with Gasteiger partial charge in [-0.2, -0.15) is 13.2 Å². The largest absolute Gasteiger partial charge is 0.444 e. The fourth-order valence-electron chi connectivity index (χ4n) is 5.08. The van der Waals surface area contributed by atoms with Crippen LogP contribution in [0.4, 0.5) is 45.5 Å². The Morgan fingerprint density at radius 3 is 2.40 bits per heavy atom. The van der Waals surface area contributed by atoms with Crippen LogP contribution in [-0.2, 0) is 14.8 Å². The molecule has 2 atom stereocenters. The van der Waals surface area contributed by atoms with Gasteiger partial charge in [0.25, 0.3) is 0 Å². The Hall–Kier alpha value is -4.25. The van der Waals surface area contributed by atoms with E-state index in [-0.39, 0.29) is 31.1 Å². The lowest BCUT2D eigenvalue weighted by Crippen LogP contribution is -2.51. The number of sulfonamides is 1. The zero-order chi connectivity index (χ0) is 34.1. The molecule has 0 aliphatic carbocycles. The van der Waals surface area contributed by atoms with Gasteiger partial charge in [0.05, 0.1) is 27.8 Å². The van der Waals surface area contributed by atoms with Crippen molar-refractivity contribution in [1.29, 1.82) is 0 Å². The number of aryl methyl sites for hydroxylation is 1. The van der Waals surface area contributed by atoms with Crippen LogP contribution in [0, 0.1) is 6.92 Å². The second-order valence-electron chi connectivity index (χ2n) is 12.0. The van der Waals surface area contributed by atoms with E-state index >= 15 is 0 Å². The minimum Gasteiger partial charge on any atom is -0.444 e. The van der Waals surface area contributed by atoms with Crippen LogP contribution >= 0.6 is 11.3 Å². The van der Waals surface area contributed by atoms with Crippen LogP contribution in [0.3, 0.4) is 0 Å². The van der Waals surface area contributed by atoms with Crippen molar-refractivity contribution < 1.29 is 35.5 Å². The predicted molar refractivity (Wildman–Crippen MR) is 173 cm³/mol. The first kappa shape index (κ1) is 34.1. The molecule has 0 spiro atoms. The molecule has 0 bridgehead atoms. The van der Waals surface area contributed by atoms with Gasteiger partial charge in [-0.15, -0.1) is 11.3 Å². The number of nitrogens with zero attached hydrogens (tertiary/aromatic N) is 4. The van der Waals surface area contributed by atoms with Gasteiger partial charge in [-0.25, -0.2) is 32.6 Å². The number of aromatic nitrogens is 3. The third kappa shape index (κ3) is 8.97. The van der Waals surface area contributed by atoms with E-state index < -0.39 is 45.9 Å². The SMILES string of the molecule is Cc1nc(Nc2ccc(NS(=O)(=O)CC(F)(F)F)c3ccccc23)c(-c2ccnc(N[C@H]3C[C@H](F)CN(C(=O)OC(C)(C)C)C3)n2)s1. The van der Waals surface area contributed by atoms with Gasteiger partial charge in [0.15, 0.2) is 11.6 Å². The monoisotopic (exact) mass is 695 g/mol. The van der Waals surface area contributed by atoms with Gasteiger partial charge in [-0.1, -0.05) is 24.3 Å². The first-order chi connectivity index (χ1) is 21.9. The number of nitrogens with one attached hydrogen (secondary N) is 3. The van der Waals surface area contributed by atoms with E-state index in [0.717, 1.165) is 0 Å². The number of anilines is 4. The smallest absolute Gasteiger partial charge is 0.410 e. The van der Waals surface area contributed by atoms with E-state index in [1.165, 1.54) is 22.3 Å². The van der Waals surface area contributed by atoms with Gasteiger partial charge in [0, 0.05) is 41.7 Å². The molecule has 3 N–H and O–H groups in total. The van der Waals surface area contributed by atoms with Gasteiger partial charge >= 0.3 is 12.3 Å². The quantitative estimate of drug-likeness (QED) is 0.169. The molecular weight excluding hydrogens is 663 g/mol. The van der Waals surface area contributed by atoms with Crippen LogP contribution in [0.1, 0.15) is 32.2 Å². The van der Waals surface area contributed by atoms with E-state index in [9.17, 15) is 30.8 Å². The number of thiazole rings is 1. The Labute approximate surface area is 272 Å². The molecule has 1 aliphatic rings. The van der Waals surface area contributed by atoms with E-state index in [0.29, 0.717) is 37.9 Å². The summed E-state index contributed by atoms with van der Waals surface area (Å²) in [6.07, 6.45) is -5.07. The van der Waals surface area contributed by atoms with Crippen LogP contribution in [0.25, 0.3) is 21.3 Å². The molecule has 2 aromatic carbocycles. The average Bonchev–Trinajstić information content (AvgIpc) is 3.31. The molecule has 4 aromatic rings. The number of carbonyl (C=O) groups is 1. The maximum Gasteiger partial charge on any atom is 0.410 e. The highest BCUT2D eigenvalue weighted by Gasteiger charge is 2.36. The van der Waals surface area contributed by atoms with Crippen LogP contribution in [-0.4, -0.2) is 77.2 Å². The first-order valence-electron chi connectivity index (χ1n) is 14.5. The van der Waals surface area contributed by atoms with Crippen molar-refractivity contribution in [1.82, 2.24) is 19.9 Å². The summed E-state index contributed by atoms with van der Waals surface area (Å²) in [5.74, 6) is -1.35. The fourth-order valence-corrected chi connectivity index (χ4v) is 6.94. The molecule has 3 heterocycles. The lowest BCUT2D eigenvalue weighted by molar-refractivity contribution is -0.106. The third-order valence-electron chi connectivity index (χ3n) is 6.80. The summed E-state index contributed by atoms with van der Waals surface area (Å²) in [6.45, 7) is 7.16. The van der Waals surface area contributed by atoms with Gasteiger partial charge in [0.1, 0.15) is 11.8 Å². The minimum absolute atomic E-state index is 0.0000591. The summed E-state index contributed by atoms with van der Waals surface area (Å²) in [7, 11) is -4.70. The predicted octanol–water partition coefficient (Wildman–Crippen LogP) is 6.87. The third-order valence-corrected chi connectivity index (χ3v) is 9.03. The Balaban J connectivity index is 1.38. The van der Waals surface area contributed by atoms with Crippen molar-refractivity contribution in [2.75, 3.05) is 34.2 Å². The normalized spacial score (nSPS) is 17.4. The van der Waals surface area contributed by atoms with Crippen molar-refractivity contribution in [3.05, 3.63) is 53.7 Å². The van der Waals surface area contributed by atoms with Crippen LogP contribution in [0.5, 0.6) is 0 Å².